The van der Waals surface area contributed by atoms with Crippen molar-refractivity contribution in [2.75, 3.05) is 43.9 Å². The van der Waals surface area contributed by atoms with Crippen LogP contribution in [0.15, 0.2) is 53.4 Å². The molecule has 9 heteroatoms. The summed E-state index contributed by atoms with van der Waals surface area (Å²) in [5.41, 5.74) is 1.35. The smallest absolute Gasteiger partial charge is 0.332 e. The molecule has 2 heterocycles. The number of fused-ring (bicyclic) bond motifs is 1. The van der Waals surface area contributed by atoms with Gasteiger partial charge < -0.3 is 9.64 Å². The summed E-state index contributed by atoms with van der Waals surface area (Å²) in [6, 6.07) is 12.7. The summed E-state index contributed by atoms with van der Waals surface area (Å²) in [5, 5.41) is 0. The maximum Gasteiger partial charge on any atom is 0.332 e. The average Bonchev–Trinajstić information content (AvgIpc) is 3.02. The van der Waals surface area contributed by atoms with Crippen LogP contribution in [0.1, 0.15) is 5.56 Å². The second-order valence-corrected chi connectivity index (χ2v) is 9.88. The Balaban J connectivity index is 1.48. The number of benzene rings is 2. The van der Waals surface area contributed by atoms with E-state index in [9.17, 15) is 18.0 Å². The molecule has 2 saturated heterocycles. The number of hydrogen-bond donors (Lipinski definition) is 0. The van der Waals surface area contributed by atoms with Crippen molar-refractivity contribution in [3.63, 3.8) is 0 Å². The molecule has 1 unspecified atom stereocenters. The van der Waals surface area contributed by atoms with Crippen molar-refractivity contribution in [3.8, 4) is 5.75 Å². The summed E-state index contributed by atoms with van der Waals surface area (Å²) < 4.78 is 30.5. The molecule has 0 saturated carbocycles. The lowest BCUT2D eigenvalue weighted by Gasteiger charge is -2.35. The van der Waals surface area contributed by atoms with E-state index in [4.69, 9.17) is 4.74 Å². The van der Waals surface area contributed by atoms with Crippen LogP contribution in [-0.4, -0.2) is 75.2 Å². The van der Waals surface area contributed by atoms with Gasteiger partial charge in [0.2, 0.25) is 0 Å². The molecule has 2 aliphatic rings. The zero-order valence-corrected chi connectivity index (χ0v) is 18.3. The number of imide groups is 1. The topological polar surface area (TPSA) is 87.2 Å². The predicted molar refractivity (Wildman–Crippen MR) is 116 cm³/mol. The van der Waals surface area contributed by atoms with Gasteiger partial charge in [0.25, 0.3) is 5.91 Å². The molecule has 164 valence electrons. The van der Waals surface area contributed by atoms with Crippen molar-refractivity contribution in [2.24, 2.45) is 0 Å². The summed E-state index contributed by atoms with van der Waals surface area (Å²) in [7, 11) is -1.91. The third kappa shape index (κ3) is 4.03. The van der Waals surface area contributed by atoms with Gasteiger partial charge in [0, 0.05) is 26.2 Å². The third-order valence-corrected chi connectivity index (χ3v) is 7.47. The Morgan fingerprint density at radius 3 is 2.52 bits per heavy atom. The molecule has 0 N–H and O–H groups in total. The number of carbonyl (C=O) groups is 2. The number of ether oxygens (including phenoxy) is 1. The van der Waals surface area contributed by atoms with Crippen LogP contribution in [-0.2, 0) is 14.6 Å². The van der Waals surface area contributed by atoms with Crippen molar-refractivity contribution < 1.29 is 22.7 Å². The van der Waals surface area contributed by atoms with Crippen LogP contribution < -0.4 is 9.64 Å². The summed E-state index contributed by atoms with van der Waals surface area (Å²) in [4.78, 5) is 31.1. The molecule has 0 radical (unpaired) electrons. The number of hydrogen-bond acceptors (Lipinski definition) is 6. The number of aryl methyl sites for hydroxylation is 1. The van der Waals surface area contributed by atoms with E-state index in [-0.39, 0.29) is 17.7 Å². The summed E-state index contributed by atoms with van der Waals surface area (Å²) in [6.07, 6.45) is 0. The fourth-order valence-electron chi connectivity index (χ4n) is 4.05. The zero-order valence-electron chi connectivity index (χ0n) is 17.5. The number of urea groups is 1. The van der Waals surface area contributed by atoms with E-state index >= 15 is 0 Å². The Kier molecular flexibility index (Phi) is 5.72. The maximum absolute atomic E-state index is 13.2. The number of methoxy groups -OCH3 is 1. The molecule has 0 aliphatic carbocycles. The Morgan fingerprint density at radius 1 is 1.06 bits per heavy atom. The molecule has 0 spiro atoms. The second-order valence-electron chi connectivity index (χ2n) is 7.77. The Hall–Kier alpha value is -2.91. The molecule has 1 atom stereocenters. The Labute approximate surface area is 181 Å². The first-order valence-electron chi connectivity index (χ1n) is 10.1. The number of piperazine rings is 1. The molecule has 2 fully saturated rings. The molecule has 3 amide bonds. The van der Waals surface area contributed by atoms with Crippen LogP contribution >= 0.6 is 0 Å². The first-order chi connectivity index (χ1) is 14.8. The van der Waals surface area contributed by atoms with Crippen molar-refractivity contribution in [1.82, 2.24) is 9.80 Å². The fraction of sp³-hybridized carbons (Fsp3) is 0.364. The van der Waals surface area contributed by atoms with Gasteiger partial charge >= 0.3 is 6.03 Å². The molecule has 0 bridgehead atoms. The standard InChI is InChI=1S/C22H25N3O5S/c1-16-8-9-20(30-2)18(14-16)25-21(26)19-15-23(10-11-24(19)22(25)27)12-13-31(28,29)17-6-4-3-5-7-17/h3-9,14,19H,10-13,15H2,1-2H3. The molecule has 4 rings (SSSR count). The highest BCUT2D eigenvalue weighted by Crippen LogP contribution is 2.35. The van der Waals surface area contributed by atoms with Gasteiger partial charge in [0.1, 0.15) is 11.8 Å². The van der Waals surface area contributed by atoms with Gasteiger partial charge in [-0.1, -0.05) is 24.3 Å². The highest BCUT2D eigenvalue weighted by molar-refractivity contribution is 7.91. The SMILES string of the molecule is COc1ccc(C)cc1N1C(=O)C2CN(CCS(=O)(=O)c3ccccc3)CCN2C1=O. The minimum Gasteiger partial charge on any atom is -0.495 e. The lowest BCUT2D eigenvalue weighted by atomic mass is 10.1. The molecule has 2 aromatic carbocycles. The van der Waals surface area contributed by atoms with E-state index in [2.05, 4.69) is 0 Å². The molecule has 31 heavy (non-hydrogen) atoms. The number of sulfone groups is 1. The quantitative estimate of drug-likeness (QED) is 0.634. The monoisotopic (exact) mass is 443 g/mol. The molecular formula is C22H25N3O5S. The summed E-state index contributed by atoms with van der Waals surface area (Å²) >= 11 is 0. The lowest BCUT2D eigenvalue weighted by molar-refractivity contribution is -0.121. The van der Waals surface area contributed by atoms with Gasteiger partial charge in [-0.05, 0) is 36.8 Å². The number of anilines is 1. The van der Waals surface area contributed by atoms with Crippen molar-refractivity contribution in [1.29, 1.82) is 0 Å². The number of carbonyl (C=O) groups excluding carboxylic acids is 2. The van der Waals surface area contributed by atoms with Crippen LogP contribution in [0.3, 0.4) is 0 Å². The van der Waals surface area contributed by atoms with Gasteiger partial charge in [0.15, 0.2) is 9.84 Å². The van der Waals surface area contributed by atoms with E-state index in [0.717, 1.165) is 5.56 Å². The summed E-state index contributed by atoms with van der Waals surface area (Å²) in [5.74, 6) is 0.101. The minimum atomic E-state index is -3.41. The molecule has 8 nitrogen and oxygen atoms in total. The third-order valence-electron chi connectivity index (χ3n) is 5.76. The van der Waals surface area contributed by atoms with Gasteiger partial charge in [-0.2, -0.15) is 0 Å². The van der Waals surface area contributed by atoms with E-state index in [1.54, 1.807) is 47.4 Å². The van der Waals surface area contributed by atoms with E-state index in [0.29, 0.717) is 42.5 Å². The van der Waals surface area contributed by atoms with Gasteiger partial charge in [-0.15, -0.1) is 0 Å². The zero-order chi connectivity index (χ0) is 22.2. The summed E-state index contributed by atoms with van der Waals surface area (Å²) in [6.45, 7) is 3.37. The Bertz CT molecular complexity index is 1100. The largest absolute Gasteiger partial charge is 0.495 e. The van der Waals surface area contributed by atoms with Gasteiger partial charge in [-0.3, -0.25) is 9.69 Å². The highest BCUT2D eigenvalue weighted by atomic mass is 32.2. The molecule has 2 aliphatic heterocycles. The van der Waals surface area contributed by atoms with Crippen LogP contribution in [0.2, 0.25) is 0 Å². The molecule has 2 aromatic rings. The lowest BCUT2D eigenvalue weighted by Crippen LogP contribution is -2.53. The van der Waals surface area contributed by atoms with Crippen LogP contribution in [0.5, 0.6) is 5.75 Å². The minimum absolute atomic E-state index is 0.0404. The molecule has 0 aromatic heterocycles. The van der Waals surface area contributed by atoms with E-state index < -0.39 is 15.9 Å². The molecular weight excluding hydrogens is 418 g/mol. The number of nitrogens with zero attached hydrogens (tertiary/aromatic N) is 3. The maximum atomic E-state index is 13.2. The van der Waals surface area contributed by atoms with Crippen LogP contribution in [0.25, 0.3) is 0 Å². The van der Waals surface area contributed by atoms with Crippen molar-refractivity contribution in [3.05, 3.63) is 54.1 Å². The van der Waals surface area contributed by atoms with E-state index in [1.165, 1.54) is 12.0 Å². The van der Waals surface area contributed by atoms with Crippen LogP contribution in [0, 0.1) is 6.92 Å². The normalized spacial score (nSPS) is 19.6. The average molecular weight is 444 g/mol. The Morgan fingerprint density at radius 2 is 1.81 bits per heavy atom. The number of rotatable bonds is 6. The highest BCUT2D eigenvalue weighted by Gasteiger charge is 2.49. The van der Waals surface area contributed by atoms with Crippen molar-refractivity contribution >= 4 is 27.5 Å². The van der Waals surface area contributed by atoms with Crippen LogP contribution in [0.4, 0.5) is 10.5 Å². The van der Waals surface area contributed by atoms with Gasteiger partial charge in [0.05, 0.1) is 23.4 Å². The fourth-order valence-corrected chi connectivity index (χ4v) is 5.35. The first kappa shape index (κ1) is 21.3. The first-order valence-corrected chi connectivity index (χ1v) is 11.8. The predicted octanol–water partition coefficient (Wildman–Crippen LogP) is 1.93. The van der Waals surface area contributed by atoms with E-state index in [1.807, 2.05) is 17.9 Å². The second kappa shape index (κ2) is 8.32. The van der Waals surface area contributed by atoms with Gasteiger partial charge in [-0.25, -0.2) is 18.1 Å². The van der Waals surface area contributed by atoms with Crippen molar-refractivity contribution in [2.45, 2.75) is 17.9 Å². The number of amides is 3.